The summed E-state index contributed by atoms with van der Waals surface area (Å²) >= 11 is 0. The molecule has 0 radical (unpaired) electrons. The number of carbonyl (C=O) groups excluding carboxylic acids is 1. The predicted molar refractivity (Wildman–Crippen MR) is 89.0 cm³/mol. The molecule has 1 saturated carbocycles. The van der Waals surface area contributed by atoms with Crippen molar-refractivity contribution in [3.8, 4) is 0 Å². The van der Waals surface area contributed by atoms with Gasteiger partial charge in [-0.3, -0.25) is 9.59 Å². The SMILES string of the molecule is CC[C@@H]([C@@H](CC1CCCCC1)C(=O)O)N(C=O)OC1CCCCO1. The number of hydrogen-bond acceptors (Lipinski definition) is 4. The number of carboxylic acids is 1. The highest BCUT2D eigenvalue weighted by Crippen LogP contribution is 2.32. The maximum Gasteiger partial charge on any atom is 0.308 e. The van der Waals surface area contributed by atoms with Gasteiger partial charge in [0.25, 0.3) is 0 Å². The Balaban J connectivity index is 2.01. The van der Waals surface area contributed by atoms with E-state index in [9.17, 15) is 14.7 Å². The third kappa shape index (κ3) is 5.45. The average molecular weight is 341 g/mol. The molecule has 0 aromatic heterocycles. The highest BCUT2D eigenvalue weighted by molar-refractivity contribution is 5.71. The molecular weight excluding hydrogens is 310 g/mol. The fourth-order valence-corrected chi connectivity index (χ4v) is 3.96. The third-order valence-corrected chi connectivity index (χ3v) is 5.32. The zero-order chi connectivity index (χ0) is 17.4. The lowest BCUT2D eigenvalue weighted by atomic mass is 9.80. The second-order valence-corrected chi connectivity index (χ2v) is 7.03. The highest BCUT2D eigenvalue weighted by atomic mass is 16.8. The van der Waals surface area contributed by atoms with E-state index < -0.39 is 24.2 Å². The van der Waals surface area contributed by atoms with Crippen LogP contribution in [0, 0.1) is 11.8 Å². The molecule has 6 nitrogen and oxygen atoms in total. The predicted octanol–water partition coefficient (Wildman–Crippen LogP) is 3.35. The number of hydroxylamine groups is 2. The van der Waals surface area contributed by atoms with Crippen LogP contribution < -0.4 is 0 Å². The van der Waals surface area contributed by atoms with E-state index in [0.29, 0.717) is 31.8 Å². The molecule has 138 valence electrons. The lowest BCUT2D eigenvalue weighted by molar-refractivity contribution is -0.290. The molecular formula is C18H31NO5. The van der Waals surface area contributed by atoms with E-state index in [-0.39, 0.29) is 0 Å². The van der Waals surface area contributed by atoms with Crippen molar-refractivity contribution in [1.29, 1.82) is 0 Å². The fourth-order valence-electron chi connectivity index (χ4n) is 3.96. The van der Waals surface area contributed by atoms with Crippen LogP contribution in [-0.4, -0.2) is 41.5 Å². The van der Waals surface area contributed by atoms with Crippen molar-refractivity contribution in [2.24, 2.45) is 11.8 Å². The molecule has 2 fully saturated rings. The summed E-state index contributed by atoms with van der Waals surface area (Å²) < 4.78 is 5.52. The minimum absolute atomic E-state index is 0.438. The van der Waals surface area contributed by atoms with E-state index >= 15 is 0 Å². The molecule has 0 aromatic rings. The topological polar surface area (TPSA) is 76.1 Å². The molecule has 0 aromatic carbocycles. The van der Waals surface area contributed by atoms with Crippen LogP contribution in [0.5, 0.6) is 0 Å². The summed E-state index contributed by atoms with van der Waals surface area (Å²) in [6, 6.07) is -0.451. The maximum absolute atomic E-state index is 11.9. The molecule has 0 spiro atoms. The van der Waals surface area contributed by atoms with Gasteiger partial charge in [0.1, 0.15) is 0 Å². The molecule has 3 atom stereocenters. The van der Waals surface area contributed by atoms with Gasteiger partial charge in [-0.25, -0.2) is 9.90 Å². The largest absolute Gasteiger partial charge is 0.481 e. The molecule has 1 saturated heterocycles. The molecule has 1 heterocycles. The molecule has 1 aliphatic heterocycles. The monoisotopic (exact) mass is 341 g/mol. The van der Waals surface area contributed by atoms with Gasteiger partial charge in [0.05, 0.1) is 12.0 Å². The summed E-state index contributed by atoms with van der Waals surface area (Å²) in [6.45, 7) is 2.53. The number of carbonyl (C=O) groups is 2. The zero-order valence-corrected chi connectivity index (χ0v) is 14.7. The molecule has 24 heavy (non-hydrogen) atoms. The molecule has 1 amide bonds. The van der Waals surface area contributed by atoms with Crippen molar-refractivity contribution < 1.29 is 24.3 Å². The van der Waals surface area contributed by atoms with Gasteiger partial charge in [-0.2, -0.15) is 0 Å². The minimum Gasteiger partial charge on any atom is -0.481 e. The first-order chi connectivity index (χ1) is 11.7. The normalized spacial score (nSPS) is 25.0. The van der Waals surface area contributed by atoms with Gasteiger partial charge in [0.15, 0.2) is 6.29 Å². The Bertz CT molecular complexity index is 391. The van der Waals surface area contributed by atoms with Gasteiger partial charge in [-0.15, -0.1) is 0 Å². The van der Waals surface area contributed by atoms with E-state index in [2.05, 4.69) is 0 Å². The van der Waals surface area contributed by atoms with E-state index in [1.165, 1.54) is 24.3 Å². The number of amides is 1. The smallest absolute Gasteiger partial charge is 0.308 e. The lowest BCUT2D eigenvalue weighted by Gasteiger charge is -2.36. The Hall–Kier alpha value is -1.14. The number of aliphatic carboxylic acids is 1. The van der Waals surface area contributed by atoms with Gasteiger partial charge in [-0.05, 0) is 31.6 Å². The minimum atomic E-state index is -0.840. The van der Waals surface area contributed by atoms with Crippen molar-refractivity contribution >= 4 is 12.4 Å². The van der Waals surface area contributed by atoms with Gasteiger partial charge in [0.2, 0.25) is 6.41 Å². The first kappa shape index (κ1) is 19.2. The summed E-state index contributed by atoms with van der Waals surface area (Å²) in [5, 5.41) is 10.9. The van der Waals surface area contributed by atoms with Crippen molar-refractivity contribution in [2.45, 2.75) is 83.5 Å². The van der Waals surface area contributed by atoms with E-state index in [1.54, 1.807) is 0 Å². The van der Waals surface area contributed by atoms with Gasteiger partial charge in [0, 0.05) is 13.0 Å². The Morgan fingerprint density at radius 1 is 1.25 bits per heavy atom. The van der Waals surface area contributed by atoms with Gasteiger partial charge < -0.3 is 9.84 Å². The second-order valence-electron chi connectivity index (χ2n) is 7.03. The molecule has 6 heteroatoms. The van der Waals surface area contributed by atoms with Crippen LogP contribution in [0.15, 0.2) is 0 Å². The number of nitrogens with zero attached hydrogens (tertiary/aromatic N) is 1. The highest BCUT2D eigenvalue weighted by Gasteiger charge is 2.35. The molecule has 2 rings (SSSR count). The number of rotatable bonds is 9. The number of carboxylic acid groups (broad SMARTS) is 1. The Morgan fingerprint density at radius 3 is 2.50 bits per heavy atom. The van der Waals surface area contributed by atoms with E-state index in [1.807, 2.05) is 6.92 Å². The van der Waals surface area contributed by atoms with Crippen molar-refractivity contribution in [1.82, 2.24) is 5.06 Å². The fraction of sp³-hybridized carbons (Fsp3) is 0.889. The van der Waals surface area contributed by atoms with Crippen LogP contribution in [0.2, 0.25) is 0 Å². The van der Waals surface area contributed by atoms with Crippen molar-refractivity contribution in [3.63, 3.8) is 0 Å². The van der Waals surface area contributed by atoms with E-state index in [4.69, 9.17) is 9.57 Å². The standard InChI is InChI=1S/C18H31NO5/c1-2-16(19(13-20)24-17-10-6-7-11-23-17)15(18(21)22)12-14-8-4-3-5-9-14/h13-17H,2-12H2,1H3,(H,21,22)/t15-,16+,17?/m1/s1. The summed E-state index contributed by atoms with van der Waals surface area (Å²) in [4.78, 5) is 29.1. The Labute approximate surface area is 144 Å². The number of ether oxygens (including phenoxy) is 1. The molecule has 1 aliphatic carbocycles. The Kier molecular flexibility index (Phi) is 7.99. The first-order valence-corrected chi connectivity index (χ1v) is 9.40. The average Bonchev–Trinajstić information content (AvgIpc) is 2.62. The number of hydrogen-bond donors (Lipinski definition) is 1. The molecule has 1 unspecified atom stereocenters. The third-order valence-electron chi connectivity index (χ3n) is 5.32. The molecule has 2 aliphatic rings. The van der Waals surface area contributed by atoms with E-state index in [0.717, 1.165) is 32.1 Å². The maximum atomic E-state index is 11.9. The summed E-state index contributed by atoms with van der Waals surface area (Å²) in [5.41, 5.74) is 0. The Morgan fingerprint density at radius 2 is 1.96 bits per heavy atom. The molecule has 1 N–H and O–H groups in total. The summed E-state index contributed by atoms with van der Waals surface area (Å²) in [6.07, 6.45) is 9.86. The molecule has 0 bridgehead atoms. The summed E-state index contributed by atoms with van der Waals surface area (Å²) in [5.74, 6) is -0.993. The van der Waals surface area contributed by atoms with Crippen LogP contribution in [0.4, 0.5) is 0 Å². The van der Waals surface area contributed by atoms with Crippen LogP contribution in [0.3, 0.4) is 0 Å². The lowest BCUT2D eigenvalue weighted by Crippen LogP contribution is -2.46. The van der Waals surface area contributed by atoms with Crippen LogP contribution in [0.1, 0.15) is 71.1 Å². The van der Waals surface area contributed by atoms with Crippen molar-refractivity contribution in [2.75, 3.05) is 6.61 Å². The van der Waals surface area contributed by atoms with Crippen LogP contribution in [-0.2, 0) is 19.2 Å². The summed E-state index contributed by atoms with van der Waals surface area (Å²) in [7, 11) is 0. The first-order valence-electron chi connectivity index (χ1n) is 9.40. The van der Waals surface area contributed by atoms with Crippen molar-refractivity contribution in [3.05, 3.63) is 0 Å². The van der Waals surface area contributed by atoms with Gasteiger partial charge in [-0.1, -0.05) is 39.0 Å². The quantitative estimate of drug-likeness (QED) is 0.514. The zero-order valence-electron chi connectivity index (χ0n) is 14.7. The second kappa shape index (κ2) is 9.99. The van der Waals surface area contributed by atoms with Crippen LogP contribution >= 0.6 is 0 Å². The van der Waals surface area contributed by atoms with Crippen LogP contribution in [0.25, 0.3) is 0 Å². The van der Waals surface area contributed by atoms with Gasteiger partial charge >= 0.3 is 5.97 Å².